The Morgan fingerprint density at radius 1 is 1.04 bits per heavy atom. The molecule has 24 heavy (non-hydrogen) atoms. The molecule has 2 amide bonds. The van der Waals surface area contributed by atoms with Gasteiger partial charge < -0.3 is 15.4 Å². The highest BCUT2D eigenvalue weighted by Gasteiger charge is 2.13. The minimum Gasteiger partial charge on any atom is -0.383 e. The zero-order valence-corrected chi connectivity index (χ0v) is 14.0. The van der Waals surface area contributed by atoms with E-state index in [0.717, 1.165) is 11.1 Å². The number of hydrogen-bond acceptors (Lipinski definition) is 3. The van der Waals surface area contributed by atoms with Gasteiger partial charge in [0.1, 0.15) is 0 Å². The highest BCUT2D eigenvalue weighted by Crippen LogP contribution is 2.15. The quantitative estimate of drug-likeness (QED) is 0.769. The molecule has 0 radical (unpaired) electrons. The van der Waals surface area contributed by atoms with Gasteiger partial charge in [0.25, 0.3) is 5.91 Å². The van der Waals surface area contributed by atoms with E-state index in [0.29, 0.717) is 24.4 Å². The molecule has 126 valence electrons. The predicted octanol–water partition coefficient (Wildman–Crippen LogP) is 2.55. The molecule has 2 N–H and O–H groups in total. The molecule has 0 unspecified atom stereocenters. The van der Waals surface area contributed by atoms with E-state index in [2.05, 4.69) is 10.6 Å². The number of amides is 2. The Labute approximate surface area is 142 Å². The summed E-state index contributed by atoms with van der Waals surface area (Å²) < 4.78 is 4.91. The Morgan fingerprint density at radius 2 is 1.75 bits per heavy atom. The number of methoxy groups -OCH3 is 1. The summed E-state index contributed by atoms with van der Waals surface area (Å²) in [6.45, 7) is 2.86. The molecule has 0 saturated heterocycles. The van der Waals surface area contributed by atoms with Crippen LogP contribution in [0.4, 0.5) is 5.69 Å². The Morgan fingerprint density at radius 3 is 2.46 bits per heavy atom. The molecule has 0 spiro atoms. The normalized spacial score (nSPS) is 10.2. The minimum absolute atomic E-state index is 0.156. The van der Waals surface area contributed by atoms with Gasteiger partial charge in [-0.25, -0.2) is 0 Å². The maximum atomic E-state index is 12.2. The fourth-order valence-corrected chi connectivity index (χ4v) is 2.24. The van der Waals surface area contributed by atoms with Crippen molar-refractivity contribution >= 4 is 17.5 Å². The van der Waals surface area contributed by atoms with Crippen LogP contribution in [-0.2, 0) is 16.0 Å². The summed E-state index contributed by atoms with van der Waals surface area (Å²) in [6, 6.07) is 14.8. The first-order valence-corrected chi connectivity index (χ1v) is 7.81. The van der Waals surface area contributed by atoms with Gasteiger partial charge in [-0.2, -0.15) is 0 Å². The van der Waals surface area contributed by atoms with E-state index in [1.165, 1.54) is 0 Å². The second-order valence-corrected chi connectivity index (χ2v) is 5.50. The third-order valence-electron chi connectivity index (χ3n) is 3.52. The van der Waals surface area contributed by atoms with Crippen LogP contribution in [0.25, 0.3) is 0 Å². The predicted molar refractivity (Wildman–Crippen MR) is 94.2 cm³/mol. The average molecular weight is 326 g/mol. The molecule has 0 fully saturated rings. The smallest absolute Gasteiger partial charge is 0.253 e. The molecule has 2 aromatic rings. The van der Waals surface area contributed by atoms with Crippen molar-refractivity contribution < 1.29 is 14.3 Å². The van der Waals surface area contributed by atoms with Gasteiger partial charge in [0.2, 0.25) is 5.91 Å². The lowest BCUT2D eigenvalue weighted by Crippen LogP contribution is -2.28. The molecular weight excluding hydrogens is 304 g/mol. The maximum Gasteiger partial charge on any atom is 0.253 e. The largest absolute Gasteiger partial charge is 0.383 e. The summed E-state index contributed by atoms with van der Waals surface area (Å²) in [5, 5.41) is 5.57. The van der Waals surface area contributed by atoms with Gasteiger partial charge >= 0.3 is 0 Å². The summed E-state index contributed by atoms with van der Waals surface area (Å²) in [7, 11) is 1.57. The molecule has 5 heteroatoms. The van der Waals surface area contributed by atoms with Gasteiger partial charge in [-0.1, -0.05) is 42.0 Å². The Kier molecular flexibility index (Phi) is 6.51. The lowest BCUT2D eigenvalue weighted by atomic mass is 10.1. The molecule has 0 bridgehead atoms. The van der Waals surface area contributed by atoms with Crippen LogP contribution in [0.2, 0.25) is 0 Å². The molecule has 2 aromatic carbocycles. The zero-order valence-electron chi connectivity index (χ0n) is 14.0. The number of anilines is 1. The van der Waals surface area contributed by atoms with Crippen LogP contribution in [0.1, 0.15) is 21.5 Å². The Hall–Kier alpha value is -2.66. The molecular formula is C19H22N2O3. The number of para-hydroxylation sites is 1. The highest BCUT2D eigenvalue weighted by atomic mass is 16.5. The number of nitrogens with one attached hydrogen (secondary N) is 2. The SMILES string of the molecule is COCCNC(=O)c1ccccc1NC(=O)Cc1ccc(C)cc1. The van der Waals surface area contributed by atoms with E-state index < -0.39 is 0 Å². The molecule has 0 aliphatic heterocycles. The Balaban J connectivity index is 2.02. The molecule has 0 aliphatic rings. The van der Waals surface area contributed by atoms with Crippen molar-refractivity contribution in [1.29, 1.82) is 0 Å². The third kappa shape index (κ3) is 5.21. The van der Waals surface area contributed by atoms with Gasteiger partial charge in [0, 0.05) is 13.7 Å². The van der Waals surface area contributed by atoms with Crippen LogP contribution in [0.5, 0.6) is 0 Å². The van der Waals surface area contributed by atoms with Gasteiger partial charge in [-0.3, -0.25) is 9.59 Å². The first-order valence-electron chi connectivity index (χ1n) is 7.81. The van der Waals surface area contributed by atoms with E-state index in [4.69, 9.17) is 4.74 Å². The van der Waals surface area contributed by atoms with Gasteiger partial charge in [-0.15, -0.1) is 0 Å². The van der Waals surface area contributed by atoms with E-state index in [-0.39, 0.29) is 18.2 Å². The van der Waals surface area contributed by atoms with Gasteiger partial charge in [0.05, 0.1) is 24.3 Å². The van der Waals surface area contributed by atoms with E-state index in [1.807, 2.05) is 31.2 Å². The lowest BCUT2D eigenvalue weighted by Gasteiger charge is -2.11. The monoisotopic (exact) mass is 326 g/mol. The first-order chi connectivity index (χ1) is 11.6. The van der Waals surface area contributed by atoms with Crippen LogP contribution in [0, 0.1) is 6.92 Å². The fourth-order valence-electron chi connectivity index (χ4n) is 2.24. The van der Waals surface area contributed by atoms with Crippen molar-refractivity contribution in [3.05, 3.63) is 65.2 Å². The summed E-state index contributed by atoms with van der Waals surface area (Å²) in [5.74, 6) is -0.394. The van der Waals surface area contributed by atoms with Crippen molar-refractivity contribution in [2.75, 3.05) is 25.6 Å². The van der Waals surface area contributed by atoms with Gasteiger partial charge in [0.15, 0.2) is 0 Å². The summed E-state index contributed by atoms with van der Waals surface area (Å²) in [6.07, 6.45) is 0.264. The number of carbonyl (C=O) groups excluding carboxylic acids is 2. The number of rotatable bonds is 7. The number of carbonyl (C=O) groups is 2. The molecule has 2 rings (SSSR count). The van der Waals surface area contributed by atoms with Crippen molar-refractivity contribution in [1.82, 2.24) is 5.32 Å². The van der Waals surface area contributed by atoms with Crippen LogP contribution in [-0.4, -0.2) is 32.1 Å². The van der Waals surface area contributed by atoms with Crippen molar-refractivity contribution in [2.45, 2.75) is 13.3 Å². The lowest BCUT2D eigenvalue weighted by molar-refractivity contribution is -0.115. The van der Waals surface area contributed by atoms with Gasteiger partial charge in [-0.05, 0) is 24.6 Å². The summed E-state index contributed by atoms with van der Waals surface area (Å²) >= 11 is 0. The number of aryl methyl sites for hydroxylation is 1. The zero-order chi connectivity index (χ0) is 17.4. The summed E-state index contributed by atoms with van der Waals surface area (Å²) in [5.41, 5.74) is 3.02. The van der Waals surface area contributed by atoms with Crippen LogP contribution in [0.3, 0.4) is 0 Å². The second kappa shape index (κ2) is 8.84. The van der Waals surface area contributed by atoms with E-state index >= 15 is 0 Å². The topological polar surface area (TPSA) is 67.4 Å². The number of benzene rings is 2. The Bertz CT molecular complexity index is 696. The molecule has 0 saturated carbocycles. The van der Waals surface area contributed by atoms with Crippen molar-refractivity contribution in [3.8, 4) is 0 Å². The fraction of sp³-hybridized carbons (Fsp3) is 0.263. The van der Waals surface area contributed by atoms with E-state index in [1.54, 1.807) is 31.4 Å². The second-order valence-electron chi connectivity index (χ2n) is 5.50. The van der Waals surface area contributed by atoms with E-state index in [9.17, 15) is 9.59 Å². The molecule has 0 aliphatic carbocycles. The van der Waals surface area contributed by atoms with Crippen LogP contribution >= 0.6 is 0 Å². The minimum atomic E-state index is -0.238. The standard InChI is InChI=1S/C19H22N2O3/c1-14-7-9-15(10-8-14)13-18(22)21-17-6-4-3-5-16(17)19(23)20-11-12-24-2/h3-10H,11-13H2,1-2H3,(H,20,23)(H,21,22). The first kappa shape index (κ1) is 17.7. The van der Waals surface area contributed by atoms with Crippen molar-refractivity contribution in [3.63, 3.8) is 0 Å². The molecule has 5 nitrogen and oxygen atoms in total. The average Bonchev–Trinajstić information content (AvgIpc) is 2.57. The summed E-state index contributed by atoms with van der Waals surface area (Å²) in [4.78, 5) is 24.4. The van der Waals surface area contributed by atoms with Crippen molar-refractivity contribution in [2.24, 2.45) is 0 Å². The van der Waals surface area contributed by atoms with Crippen LogP contribution in [0.15, 0.2) is 48.5 Å². The third-order valence-corrected chi connectivity index (χ3v) is 3.52. The highest BCUT2D eigenvalue weighted by molar-refractivity contribution is 6.04. The maximum absolute atomic E-state index is 12.2. The number of hydrogen-bond donors (Lipinski definition) is 2. The van der Waals surface area contributed by atoms with Crippen LogP contribution < -0.4 is 10.6 Å². The molecule has 0 heterocycles. The molecule has 0 atom stereocenters. The number of ether oxygens (including phenoxy) is 1. The molecule has 0 aromatic heterocycles.